The second-order valence-corrected chi connectivity index (χ2v) is 9.05. The van der Waals surface area contributed by atoms with E-state index >= 15 is 0 Å². The summed E-state index contributed by atoms with van der Waals surface area (Å²) >= 11 is 6.17. The van der Waals surface area contributed by atoms with Crippen LogP contribution in [0.5, 0.6) is 11.5 Å². The SMILES string of the molecule is C[C@H]1[C@H](C)CCC[C@H]1N(Cc1ccc2c(c1)OCO2)C(=O)Nc1ccc(C(N)=O)c(Cl)c1. The molecular formula is C24H28ClN3O4. The molecule has 3 N–H and O–H groups in total. The molecule has 1 heterocycles. The van der Waals surface area contributed by atoms with Gasteiger partial charge in [-0.2, -0.15) is 0 Å². The van der Waals surface area contributed by atoms with Crippen molar-refractivity contribution in [3.63, 3.8) is 0 Å². The van der Waals surface area contributed by atoms with E-state index in [9.17, 15) is 9.59 Å². The molecule has 3 amide bonds. The fraction of sp³-hybridized carbons (Fsp3) is 0.417. The highest BCUT2D eigenvalue weighted by Gasteiger charge is 2.34. The fourth-order valence-corrected chi connectivity index (χ4v) is 4.83. The van der Waals surface area contributed by atoms with Crippen LogP contribution in [0.15, 0.2) is 36.4 Å². The highest BCUT2D eigenvalue weighted by Crippen LogP contribution is 2.36. The van der Waals surface area contributed by atoms with Gasteiger partial charge in [0, 0.05) is 18.3 Å². The molecule has 0 radical (unpaired) electrons. The van der Waals surface area contributed by atoms with E-state index in [1.165, 1.54) is 12.5 Å². The Morgan fingerprint density at radius 2 is 1.91 bits per heavy atom. The van der Waals surface area contributed by atoms with Crippen LogP contribution in [-0.4, -0.2) is 29.7 Å². The van der Waals surface area contributed by atoms with Crippen LogP contribution in [0.4, 0.5) is 10.5 Å². The summed E-state index contributed by atoms with van der Waals surface area (Å²) < 4.78 is 10.9. The summed E-state index contributed by atoms with van der Waals surface area (Å²) in [5.74, 6) is 1.70. The number of nitrogens with two attached hydrogens (primary N) is 1. The van der Waals surface area contributed by atoms with E-state index in [1.807, 2.05) is 23.1 Å². The molecule has 0 bridgehead atoms. The molecular weight excluding hydrogens is 430 g/mol. The van der Waals surface area contributed by atoms with Crippen molar-refractivity contribution in [2.75, 3.05) is 12.1 Å². The lowest BCUT2D eigenvalue weighted by molar-refractivity contribution is 0.1000. The second-order valence-electron chi connectivity index (χ2n) is 8.64. The predicted octanol–water partition coefficient (Wildman–Crippen LogP) is 5.03. The number of carbonyl (C=O) groups excluding carboxylic acids is 2. The molecule has 1 fully saturated rings. The number of fused-ring (bicyclic) bond motifs is 1. The van der Waals surface area contributed by atoms with Gasteiger partial charge in [-0.25, -0.2) is 4.79 Å². The summed E-state index contributed by atoms with van der Waals surface area (Å²) in [7, 11) is 0. The molecule has 8 heteroatoms. The Bertz CT molecular complexity index is 1030. The second kappa shape index (κ2) is 9.28. The van der Waals surface area contributed by atoms with E-state index < -0.39 is 5.91 Å². The molecule has 2 aromatic rings. The van der Waals surface area contributed by atoms with E-state index in [-0.39, 0.29) is 29.5 Å². The van der Waals surface area contributed by atoms with Crippen LogP contribution in [0, 0.1) is 11.8 Å². The van der Waals surface area contributed by atoms with Crippen molar-refractivity contribution in [3.8, 4) is 11.5 Å². The minimum atomic E-state index is -0.609. The van der Waals surface area contributed by atoms with Gasteiger partial charge >= 0.3 is 6.03 Å². The summed E-state index contributed by atoms with van der Waals surface area (Å²) in [5.41, 5.74) is 7.03. The zero-order chi connectivity index (χ0) is 22.8. The highest BCUT2D eigenvalue weighted by atomic mass is 35.5. The van der Waals surface area contributed by atoms with Crippen molar-refractivity contribution in [3.05, 3.63) is 52.5 Å². The van der Waals surface area contributed by atoms with Crippen LogP contribution < -0.4 is 20.5 Å². The summed E-state index contributed by atoms with van der Waals surface area (Å²) in [6.45, 7) is 5.11. The van der Waals surface area contributed by atoms with Gasteiger partial charge in [0.15, 0.2) is 11.5 Å². The number of nitrogens with zero attached hydrogens (tertiary/aromatic N) is 1. The summed E-state index contributed by atoms with van der Waals surface area (Å²) in [5, 5.41) is 3.15. The number of carbonyl (C=O) groups is 2. The average molecular weight is 458 g/mol. The molecule has 0 saturated heterocycles. The van der Waals surface area contributed by atoms with E-state index in [0.717, 1.165) is 18.4 Å². The Morgan fingerprint density at radius 1 is 1.12 bits per heavy atom. The molecule has 2 aliphatic rings. The van der Waals surface area contributed by atoms with Gasteiger partial charge in [0.2, 0.25) is 12.7 Å². The number of hydrogen-bond donors (Lipinski definition) is 2. The number of nitrogens with one attached hydrogen (secondary N) is 1. The van der Waals surface area contributed by atoms with Gasteiger partial charge in [0.25, 0.3) is 0 Å². The summed E-state index contributed by atoms with van der Waals surface area (Å²) in [4.78, 5) is 26.8. The molecule has 1 saturated carbocycles. The molecule has 0 aromatic heterocycles. The minimum Gasteiger partial charge on any atom is -0.454 e. The average Bonchev–Trinajstić information content (AvgIpc) is 3.22. The van der Waals surface area contributed by atoms with Crippen molar-refractivity contribution in [2.24, 2.45) is 17.6 Å². The number of rotatable bonds is 5. The van der Waals surface area contributed by atoms with Gasteiger partial charge in [0.1, 0.15) is 0 Å². The van der Waals surface area contributed by atoms with Crippen molar-refractivity contribution >= 4 is 29.2 Å². The number of urea groups is 1. The van der Waals surface area contributed by atoms with Crippen LogP contribution in [0.25, 0.3) is 0 Å². The Balaban J connectivity index is 1.58. The molecule has 0 unspecified atom stereocenters. The van der Waals surface area contributed by atoms with Crippen molar-refractivity contribution in [1.82, 2.24) is 4.90 Å². The predicted molar refractivity (Wildman–Crippen MR) is 123 cm³/mol. The maximum Gasteiger partial charge on any atom is 0.322 e. The zero-order valence-electron chi connectivity index (χ0n) is 18.3. The number of halogens is 1. The Kier molecular flexibility index (Phi) is 6.46. The summed E-state index contributed by atoms with van der Waals surface area (Å²) in [6, 6.07) is 10.4. The van der Waals surface area contributed by atoms with E-state index in [1.54, 1.807) is 12.1 Å². The first-order valence-corrected chi connectivity index (χ1v) is 11.3. The van der Waals surface area contributed by atoms with Gasteiger partial charge in [-0.3, -0.25) is 4.79 Å². The molecule has 4 rings (SSSR count). The van der Waals surface area contributed by atoms with Gasteiger partial charge in [0.05, 0.1) is 10.6 Å². The van der Waals surface area contributed by atoms with Crippen LogP contribution in [0.3, 0.4) is 0 Å². The largest absolute Gasteiger partial charge is 0.454 e. The minimum absolute atomic E-state index is 0.101. The first kappa shape index (κ1) is 22.3. The molecule has 1 aliphatic carbocycles. The topological polar surface area (TPSA) is 93.9 Å². The third kappa shape index (κ3) is 4.63. The van der Waals surface area contributed by atoms with E-state index in [2.05, 4.69) is 19.2 Å². The molecule has 32 heavy (non-hydrogen) atoms. The third-order valence-corrected chi connectivity index (χ3v) is 6.91. The number of ether oxygens (including phenoxy) is 2. The van der Waals surface area contributed by atoms with Gasteiger partial charge in [-0.15, -0.1) is 0 Å². The van der Waals surface area contributed by atoms with Gasteiger partial charge < -0.3 is 25.4 Å². The quantitative estimate of drug-likeness (QED) is 0.658. The first-order valence-electron chi connectivity index (χ1n) is 10.9. The van der Waals surface area contributed by atoms with Gasteiger partial charge in [-0.05, 0) is 54.2 Å². The number of benzene rings is 2. The molecule has 1 aliphatic heterocycles. The fourth-order valence-electron chi connectivity index (χ4n) is 4.56. The first-order chi connectivity index (χ1) is 15.3. The molecule has 2 aromatic carbocycles. The van der Waals surface area contributed by atoms with Gasteiger partial charge in [-0.1, -0.05) is 44.4 Å². The molecule has 7 nitrogen and oxygen atoms in total. The lowest BCUT2D eigenvalue weighted by atomic mass is 9.77. The number of primary amides is 1. The van der Waals surface area contributed by atoms with Crippen molar-refractivity contribution in [1.29, 1.82) is 0 Å². The number of amides is 3. The summed E-state index contributed by atoms with van der Waals surface area (Å²) in [6.07, 6.45) is 3.20. The number of hydrogen-bond acceptors (Lipinski definition) is 4. The van der Waals surface area contributed by atoms with E-state index in [4.69, 9.17) is 26.8 Å². The molecule has 170 valence electrons. The number of anilines is 1. The normalized spacial score (nSPS) is 21.8. The van der Waals surface area contributed by atoms with Crippen LogP contribution in [-0.2, 0) is 6.54 Å². The maximum absolute atomic E-state index is 13.5. The Hall–Kier alpha value is -2.93. The standard InChI is InChI=1S/C24H28ClN3O4/c1-14-4-3-5-20(15(14)2)28(12-16-6-9-21-22(10-16)32-13-31-21)24(30)27-17-7-8-18(23(26)29)19(25)11-17/h6-11,14-15,20H,3-5,12-13H2,1-2H3,(H2,26,29)(H,27,30)/t14-,15+,20-/m1/s1. The van der Waals surface area contributed by atoms with Crippen LogP contribution in [0.2, 0.25) is 5.02 Å². The lowest BCUT2D eigenvalue weighted by Crippen LogP contribution is -2.48. The molecule has 0 spiro atoms. The lowest BCUT2D eigenvalue weighted by Gasteiger charge is -2.41. The van der Waals surface area contributed by atoms with Crippen molar-refractivity contribution in [2.45, 2.75) is 45.7 Å². The smallest absolute Gasteiger partial charge is 0.322 e. The van der Waals surface area contributed by atoms with E-state index in [0.29, 0.717) is 35.6 Å². The zero-order valence-corrected chi connectivity index (χ0v) is 19.0. The van der Waals surface area contributed by atoms with Crippen LogP contribution in [0.1, 0.15) is 49.0 Å². The van der Waals surface area contributed by atoms with Crippen molar-refractivity contribution < 1.29 is 19.1 Å². The maximum atomic E-state index is 13.5. The Labute approximate surface area is 192 Å². The highest BCUT2D eigenvalue weighted by molar-refractivity contribution is 6.34. The van der Waals surface area contributed by atoms with Crippen LogP contribution >= 0.6 is 11.6 Å². The monoisotopic (exact) mass is 457 g/mol. The third-order valence-electron chi connectivity index (χ3n) is 6.60. The Morgan fingerprint density at radius 3 is 2.66 bits per heavy atom. The molecule has 3 atom stereocenters.